The molecule has 1 fully saturated rings. The molecule has 168 valence electrons. The van der Waals surface area contributed by atoms with Crippen molar-refractivity contribution in [1.29, 1.82) is 0 Å². The van der Waals surface area contributed by atoms with E-state index in [0.29, 0.717) is 34.3 Å². The van der Waals surface area contributed by atoms with Crippen molar-refractivity contribution in [2.75, 3.05) is 48.8 Å². The van der Waals surface area contributed by atoms with Crippen LogP contribution in [0.15, 0.2) is 30.3 Å². The molecule has 3 atom stereocenters. The number of Topliss-reactive ketones (excluding diaryl/α,β-unsaturated/α-hetero) is 1. The fourth-order valence-corrected chi connectivity index (χ4v) is 3.97. The third-order valence-corrected chi connectivity index (χ3v) is 5.59. The molecule has 1 N–H and O–H groups in total. The van der Waals surface area contributed by atoms with Crippen LogP contribution in [0.5, 0.6) is 28.7 Å². The summed E-state index contributed by atoms with van der Waals surface area (Å²) in [6.07, 6.45) is -0.458. The number of ether oxygens (including phenoxy) is 6. The number of hydrogen-bond donors (Lipinski definition) is 1. The van der Waals surface area contributed by atoms with E-state index >= 15 is 0 Å². The van der Waals surface area contributed by atoms with Gasteiger partial charge in [0.05, 0.1) is 54.2 Å². The molecule has 1 saturated heterocycles. The standard InChI is InChI=1S/C23H28O8/c1-26-17-7-6-13(8-18(17)27-2)22-15(11-24)16(12-31-22)21(25)14-9-19(28-3)23(30-5)20(10-14)29-4/h6-10,15-16,22,24H,11-12H2,1-5H3/t15-,16+,22-/m1/s1. The summed E-state index contributed by atoms with van der Waals surface area (Å²) in [6, 6.07) is 8.66. The van der Waals surface area contributed by atoms with Crippen LogP contribution in [0.1, 0.15) is 22.0 Å². The Hall–Kier alpha value is -2.97. The first-order chi connectivity index (χ1) is 15.0. The summed E-state index contributed by atoms with van der Waals surface area (Å²) in [6.45, 7) is -0.0282. The highest BCUT2D eigenvalue weighted by Gasteiger charge is 2.42. The van der Waals surface area contributed by atoms with Crippen molar-refractivity contribution in [3.63, 3.8) is 0 Å². The third kappa shape index (κ3) is 4.26. The van der Waals surface area contributed by atoms with Gasteiger partial charge >= 0.3 is 0 Å². The molecule has 0 amide bonds. The van der Waals surface area contributed by atoms with Crippen molar-refractivity contribution < 1.29 is 38.3 Å². The number of ketones is 1. The van der Waals surface area contributed by atoms with E-state index in [1.54, 1.807) is 38.5 Å². The van der Waals surface area contributed by atoms with Crippen molar-refractivity contribution in [3.8, 4) is 28.7 Å². The van der Waals surface area contributed by atoms with Gasteiger partial charge in [0.25, 0.3) is 0 Å². The molecule has 1 aliphatic rings. The minimum atomic E-state index is -0.536. The molecule has 0 bridgehead atoms. The number of benzene rings is 2. The maximum absolute atomic E-state index is 13.4. The predicted molar refractivity (Wildman–Crippen MR) is 113 cm³/mol. The minimum Gasteiger partial charge on any atom is -0.493 e. The van der Waals surface area contributed by atoms with Crippen LogP contribution in [0.2, 0.25) is 0 Å². The Kier molecular flexibility index (Phi) is 7.25. The van der Waals surface area contributed by atoms with Crippen LogP contribution in [0, 0.1) is 11.8 Å². The Balaban J connectivity index is 1.92. The highest BCUT2D eigenvalue weighted by molar-refractivity contribution is 5.99. The molecule has 8 heteroatoms. The first-order valence-electron chi connectivity index (χ1n) is 9.81. The van der Waals surface area contributed by atoms with Crippen LogP contribution < -0.4 is 23.7 Å². The molecule has 8 nitrogen and oxygen atoms in total. The summed E-state index contributed by atoms with van der Waals surface area (Å²) in [5.41, 5.74) is 1.20. The molecule has 0 unspecified atom stereocenters. The van der Waals surface area contributed by atoms with E-state index in [4.69, 9.17) is 28.4 Å². The van der Waals surface area contributed by atoms with Crippen molar-refractivity contribution >= 4 is 5.78 Å². The molecule has 0 aromatic heterocycles. The smallest absolute Gasteiger partial charge is 0.203 e. The lowest BCUT2D eigenvalue weighted by Crippen LogP contribution is -2.26. The summed E-state index contributed by atoms with van der Waals surface area (Å²) in [4.78, 5) is 13.4. The third-order valence-electron chi connectivity index (χ3n) is 5.59. The molecule has 0 spiro atoms. The van der Waals surface area contributed by atoms with Crippen LogP contribution in [-0.2, 0) is 4.74 Å². The monoisotopic (exact) mass is 432 g/mol. The van der Waals surface area contributed by atoms with Gasteiger partial charge in [0, 0.05) is 18.1 Å². The van der Waals surface area contributed by atoms with Gasteiger partial charge in [-0.3, -0.25) is 4.79 Å². The maximum atomic E-state index is 13.4. The summed E-state index contributed by atoms with van der Waals surface area (Å²) in [7, 11) is 7.60. The number of methoxy groups -OCH3 is 5. The van der Waals surface area contributed by atoms with Crippen LogP contribution in [0.3, 0.4) is 0 Å². The second kappa shape index (κ2) is 9.89. The van der Waals surface area contributed by atoms with E-state index < -0.39 is 17.9 Å². The number of aliphatic hydroxyl groups excluding tert-OH is 1. The molecule has 0 aliphatic carbocycles. The maximum Gasteiger partial charge on any atom is 0.203 e. The fourth-order valence-electron chi connectivity index (χ4n) is 3.97. The Morgan fingerprint density at radius 3 is 2.03 bits per heavy atom. The molecule has 1 aliphatic heterocycles. The average molecular weight is 432 g/mol. The largest absolute Gasteiger partial charge is 0.493 e. The van der Waals surface area contributed by atoms with E-state index in [-0.39, 0.29) is 19.0 Å². The second-order valence-corrected chi connectivity index (χ2v) is 7.10. The molecule has 0 saturated carbocycles. The van der Waals surface area contributed by atoms with Gasteiger partial charge in [0.2, 0.25) is 5.75 Å². The number of rotatable bonds is 9. The normalized spacial score (nSPS) is 20.3. The van der Waals surface area contributed by atoms with E-state index in [1.807, 2.05) is 6.07 Å². The first-order valence-corrected chi connectivity index (χ1v) is 9.81. The average Bonchev–Trinajstić information content (AvgIpc) is 3.25. The Labute approximate surface area is 181 Å². The van der Waals surface area contributed by atoms with E-state index in [2.05, 4.69) is 0 Å². The molecule has 2 aromatic rings. The van der Waals surface area contributed by atoms with Gasteiger partial charge in [-0.25, -0.2) is 0 Å². The van der Waals surface area contributed by atoms with Crippen LogP contribution in [0.4, 0.5) is 0 Å². The molecular weight excluding hydrogens is 404 g/mol. The van der Waals surface area contributed by atoms with E-state index in [0.717, 1.165) is 5.56 Å². The van der Waals surface area contributed by atoms with Crippen molar-refractivity contribution in [2.45, 2.75) is 6.10 Å². The summed E-state index contributed by atoms with van der Waals surface area (Å²) in [5, 5.41) is 10.1. The fraction of sp³-hybridized carbons (Fsp3) is 0.435. The van der Waals surface area contributed by atoms with Gasteiger partial charge in [0.1, 0.15) is 0 Å². The lowest BCUT2D eigenvalue weighted by molar-refractivity contribution is 0.0713. The van der Waals surface area contributed by atoms with E-state index in [1.165, 1.54) is 21.3 Å². The number of aliphatic hydroxyl groups is 1. The van der Waals surface area contributed by atoms with Gasteiger partial charge in [-0.15, -0.1) is 0 Å². The predicted octanol–water partition coefficient (Wildman–Crippen LogP) is 2.91. The van der Waals surface area contributed by atoms with Gasteiger partial charge < -0.3 is 33.5 Å². The first kappa shape index (κ1) is 22.7. The van der Waals surface area contributed by atoms with Gasteiger partial charge in [-0.2, -0.15) is 0 Å². The number of carbonyl (C=O) groups excluding carboxylic acids is 1. The summed E-state index contributed by atoms with van der Waals surface area (Å²) in [5.74, 6) is 1.21. The van der Waals surface area contributed by atoms with Crippen LogP contribution >= 0.6 is 0 Å². The molecule has 3 rings (SSSR count). The Morgan fingerprint density at radius 2 is 1.52 bits per heavy atom. The zero-order valence-electron chi connectivity index (χ0n) is 18.3. The minimum absolute atomic E-state index is 0.165. The second-order valence-electron chi connectivity index (χ2n) is 7.10. The molecule has 31 heavy (non-hydrogen) atoms. The van der Waals surface area contributed by atoms with E-state index in [9.17, 15) is 9.90 Å². The highest BCUT2D eigenvalue weighted by atomic mass is 16.5. The topological polar surface area (TPSA) is 92.7 Å². The Bertz CT molecular complexity index is 901. The number of carbonyl (C=O) groups is 1. The van der Waals surface area contributed by atoms with Crippen molar-refractivity contribution in [2.24, 2.45) is 11.8 Å². The van der Waals surface area contributed by atoms with Gasteiger partial charge in [0.15, 0.2) is 28.8 Å². The lowest BCUT2D eigenvalue weighted by atomic mass is 9.83. The van der Waals surface area contributed by atoms with Crippen molar-refractivity contribution in [3.05, 3.63) is 41.5 Å². The molecular formula is C23H28O8. The Morgan fingerprint density at radius 1 is 0.903 bits per heavy atom. The quantitative estimate of drug-likeness (QED) is 0.605. The lowest BCUT2D eigenvalue weighted by Gasteiger charge is -2.22. The van der Waals surface area contributed by atoms with Crippen molar-refractivity contribution in [1.82, 2.24) is 0 Å². The molecule has 2 aromatic carbocycles. The summed E-state index contributed by atoms with van der Waals surface area (Å²) < 4.78 is 32.7. The van der Waals surface area contributed by atoms with Crippen LogP contribution in [-0.4, -0.2) is 59.7 Å². The SMILES string of the molecule is COc1ccc([C@H]2OC[C@H](C(=O)c3cc(OC)c(OC)c(OC)c3)[C@H]2CO)cc1OC. The zero-order chi connectivity index (χ0) is 22.5. The van der Waals surface area contributed by atoms with Gasteiger partial charge in [-0.05, 0) is 29.8 Å². The highest BCUT2D eigenvalue weighted by Crippen LogP contribution is 2.44. The molecule has 1 heterocycles. The molecule has 0 radical (unpaired) electrons. The van der Waals surface area contributed by atoms with Gasteiger partial charge in [-0.1, -0.05) is 6.07 Å². The zero-order valence-corrected chi connectivity index (χ0v) is 18.3. The summed E-state index contributed by atoms with van der Waals surface area (Å²) >= 11 is 0. The number of hydrogen-bond acceptors (Lipinski definition) is 8. The van der Waals surface area contributed by atoms with Crippen LogP contribution in [0.25, 0.3) is 0 Å².